The van der Waals surface area contributed by atoms with Gasteiger partial charge in [-0.05, 0) is 17.7 Å². The first-order valence-corrected chi connectivity index (χ1v) is 10.8. The topological polar surface area (TPSA) is 137 Å². The van der Waals surface area contributed by atoms with Crippen molar-refractivity contribution in [2.45, 2.75) is 18.6 Å². The normalized spacial score (nSPS) is 20.3. The van der Waals surface area contributed by atoms with Crippen molar-refractivity contribution < 1.29 is 14.6 Å². The Morgan fingerprint density at radius 2 is 1.97 bits per heavy atom. The van der Waals surface area contributed by atoms with Gasteiger partial charge in [0.25, 0.3) is 5.91 Å². The fraction of sp³-hybridized carbons (Fsp3) is 0.318. The lowest BCUT2D eigenvalue weighted by atomic mass is 9.91. The van der Waals surface area contributed by atoms with Gasteiger partial charge in [-0.3, -0.25) is 4.79 Å². The number of morpholine rings is 1. The van der Waals surface area contributed by atoms with Gasteiger partial charge in [0.05, 0.1) is 18.7 Å². The minimum Gasteiger partial charge on any atom is -0.378 e. The smallest absolute Gasteiger partial charge is 0.275 e. The molecule has 3 aromatic heterocycles. The molecule has 5 heterocycles. The Morgan fingerprint density at radius 1 is 1.12 bits per heavy atom. The van der Waals surface area contributed by atoms with Gasteiger partial charge in [-0.15, -0.1) is 0 Å². The molecule has 4 aromatic rings. The van der Waals surface area contributed by atoms with Crippen molar-refractivity contribution in [2.75, 3.05) is 32.0 Å². The summed E-state index contributed by atoms with van der Waals surface area (Å²) in [6.07, 6.45) is 5.60. The van der Waals surface area contributed by atoms with Gasteiger partial charge < -0.3 is 25.0 Å². The molecule has 0 aliphatic carbocycles. The third-order valence-corrected chi connectivity index (χ3v) is 6.34. The molecule has 1 atom stereocenters. The number of fused-ring (bicyclic) bond motifs is 2. The van der Waals surface area contributed by atoms with Crippen LogP contribution in [-0.4, -0.2) is 71.5 Å². The molecule has 6 rings (SSSR count). The lowest BCUT2D eigenvalue weighted by molar-refractivity contribution is 0.0300. The maximum Gasteiger partial charge on any atom is 0.275 e. The van der Waals surface area contributed by atoms with E-state index < -0.39 is 5.60 Å². The van der Waals surface area contributed by atoms with E-state index >= 15 is 0 Å². The van der Waals surface area contributed by atoms with Crippen molar-refractivity contribution in [1.29, 1.82) is 0 Å². The van der Waals surface area contributed by atoms with Crippen LogP contribution in [0.3, 0.4) is 0 Å². The van der Waals surface area contributed by atoms with Crippen molar-refractivity contribution in [3.63, 3.8) is 0 Å². The number of aryl methyl sites for hydroxylation is 1. The molecule has 0 radical (unpaired) electrons. The average molecular weight is 446 g/mol. The number of benzene rings is 1. The Labute approximate surface area is 188 Å². The zero-order valence-electron chi connectivity index (χ0n) is 17.8. The molecule has 11 nitrogen and oxygen atoms in total. The van der Waals surface area contributed by atoms with Crippen LogP contribution in [0.4, 0.5) is 5.95 Å². The molecule has 1 fully saturated rings. The fourth-order valence-electron chi connectivity index (χ4n) is 4.62. The average Bonchev–Trinajstić information content (AvgIpc) is 3.54. The Bertz CT molecular complexity index is 1370. The van der Waals surface area contributed by atoms with Crippen molar-refractivity contribution in [2.24, 2.45) is 0 Å². The molecule has 0 saturated carbocycles. The Hall–Kier alpha value is -3.83. The molecule has 0 spiro atoms. The zero-order chi connectivity index (χ0) is 22.6. The number of amides is 1. The van der Waals surface area contributed by atoms with Crippen molar-refractivity contribution in [3.8, 4) is 5.82 Å². The van der Waals surface area contributed by atoms with Crippen LogP contribution in [0.2, 0.25) is 0 Å². The number of carbonyl (C=O) groups excluding carboxylic acids is 1. The number of nitrogen functional groups attached to an aromatic ring is 1. The second-order valence-corrected chi connectivity index (χ2v) is 8.22. The minimum atomic E-state index is -1.23. The van der Waals surface area contributed by atoms with Crippen LogP contribution in [0.25, 0.3) is 16.7 Å². The molecule has 2 aliphatic heterocycles. The van der Waals surface area contributed by atoms with Gasteiger partial charge in [-0.1, -0.05) is 6.07 Å². The van der Waals surface area contributed by atoms with Crippen LogP contribution in [-0.2, 0) is 16.9 Å². The number of nitrogens with two attached hydrogens (primary N) is 1. The zero-order valence-corrected chi connectivity index (χ0v) is 17.8. The standard InChI is InChI=1S/C22H22N8O3/c23-21-25-5-3-17(26-21)30-16-13-14(22(32)4-7-29-8-6-24-20(22)29)1-2-15(16)18(27-30)19(31)28-9-11-33-12-10-28/h1-3,5-6,8,13,32H,4,7,9-12H2,(H2,23,25,26). The van der Waals surface area contributed by atoms with E-state index in [1.165, 1.54) is 0 Å². The van der Waals surface area contributed by atoms with Crippen molar-refractivity contribution >= 4 is 22.8 Å². The second kappa shape index (κ2) is 7.36. The highest BCUT2D eigenvalue weighted by Crippen LogP contribution is 2.39. The largest absolute Gasteiger partial charge is 0.378 e. The SMILES string of the molecule is Nc1nccc(-n2nc(C(=O)N3CCOCC3)c3ccc(C4(O)CCn5ccnc54)cc32)n1. The maximum atomic E-state index is 13.3. The van der Waals surface area contributed by atoms with Crippen LogP contribution in [0, 0.1) is 0 Å². The summed E-state index contributed by atoms with van der Waals surface area (Å²) >= 11 is 0. The highest BCUT2D eigenvalue weighted by atomic mass is 16.5. The van der Waals surface area contributed by atoms with E-state index in [1.807, 2.05) is 29.0 Å². The van der Waals surface area contributed by atoms with Crippen molar-refractivity contribution in [1.82, 2.24) is 34.2 Å². The molecule has 168 valence electrons. The van der Waals surface area contributed by atoms with Gasteiger partial charge in [-0.2, -0.15) is 10.1 Å². The number of imidazole rings is 1. The van der Waals surface area contributed by atoms with Crippen LogP contribution in [0.15, 0.2) is 42.9 Å². The van der Waals surface area contributed by atoms with E-state index in [9.17, 15) is 9.90 Å². The van der Waals surface area contributed by atoms with Gasteiger partial charge in [0.2, 0.25) is 5.95 Å². The van der Waals surface area contributed by atoms with Gasteiger partial charge >= 0.3 is 0 Å². The Kier molecular flexibility index (Phi) is 4.42. The Balaban J connectivity index is 1.53. The third-order valence-electron chi connectivity index (χ3n) is 6.34. The molecule has 0 bridgehead atoms. The van der Waals surface area contributed by atoms with Crippen LogP contribution in [0.1, 0.15) is 28.3 Å². The van der Waals surface area contributed by atoms with E-state index in [0.29, 0.717) is 73.1 Å². The molecular formula is C22H22N8O3. The number of nitrogens with zero attached hydrogens (tertiary/aromatic N) is 7. The lowest BCUT2D eigenvalue weighted by Crippen LogP contribution is -2.41. The molecule has 1 amide bonds. The lowest BCUT2D eigenvalue weighted by Gasteiger charge is -2.26. The summed E-state index contributed by atoms with van der Waals surface area (Å²) in [5.74, 6) is 0.964. The first kappa shape index (κ1) is 19.8. The van der Waals surface area contributed by atoms with Crippen molar-refractivity contribution in [3.05, 3.63) is 59.9 Å². The summed E-state index contributed by atoms with van der Waals surface area (Å²) in [5.41, 5.74) is 6.21. The number of anilines is 1. The van der Waals surface area contributed by atoms with E-state index in [4.69, 9.17) is 10.5 Å². The number of aromatic nitrogens is 6. The second-order valence-electron chi connectivity index (χ2n) is 8.22. The molecule has 33 heavy (non-hydrogen) atoms. The van der Waals surface area contributed by atoms with E-state index in [0.717, 1.165) is 0 Å². The summed E-state index contributed by atoms with van der Waals surface area (Å²) in [4.78, 5) is 27.7. The summed E-state index contributed by atoms with van der Waals surface area (Å²) in [6.45, 7) is 2.68. The number of rotatable bonds is 3. The Morgan fingerprint density at radius 3 is 2.79 bits per heavy atom. The minimum absolute atomic E-state index is 0.102. The van der Waals surface area contributed by atoms with Gasteiger partial charge in [-0.25, -0.2) is 14.6 Å². The summed E-state index contributed by atoms with van der Waals surface area (Å²) in [6, 6.07) is 7.19. The summed E-state index contributed by atoms with van der Waals surface area (Å²) in [7, 11) is 0. The molecule has 3 N–H and O–H groups in total. The number of carbonyl (C=O) groups is 1. The summed E-state index contributed by atoms with van der Waals surface area (Å²) < 4.78 is 8.90. The van der Waals surface area contributed by atoms with E-state index in [2.05, 4.69) is 20.1 Å². The summed E-state index contributed by atoms with van der Waals surface area (Å²) in [5, 5.41) is 16.8. The van der Waals surface area contributed by atoms with E-state index in [-0.39, 0.29) is 11.9 Å². The first-order valence-electron chi connectivity index (χ1n) is 10.8. The van der Waals surface area contributed by atoms with Crippen LogP contribution < -0.4 is 5.73 Å². The van der Waals surface area contributed by atoms with Gasteiger partial charge in [0.15, 0.2) is 11.5 Å². The molecule has 2 aliphatic rings. The number of ether oxygens (including phenoxy) is 1. The quantitative estimate of drug-likeness (QED) is 0.469. The number of hydrogen-bond donors (Lipinski definition) is 2. The van der Waals surface area contributed by atoms with Crippen LogP contribution in [0.5, 0.6) is 0 Å². The monoisotopic (exact) mass is 446 g/mol. The number of hydrogen-bond acceptors (Lipinski definition) is 8. The van der Waals surface area contributed by atoms with Gasteiger partial charge in [0, 0.05) is 56.1 Å². The fourth-order valence-corrected chi connectivity index (χ4v) is 4.62. The highest BCUT2D eigenvalue weighted by Gasteiger charge is 2.41. The third kappa shape index (κ3) is 3.08. The van der Waals surface area contributed by atoms with Crippen LogP contribution >= 0.6 is 0 Å². The predicted molar refractivity (Wildman–Crippen MR) is 118 cm³/mol. The maximum absolute atomic E-state index is 13.3. The number of aliphatic hydroxyl groups is 1. The highest BCUT2D eigenvalue weighted by molar-refractivity contribution is 6.05. The molecule has 1 saturated heterocycles. The van der Waals surface area contributed by atoms with E-state index in [1.54, 1.807) is 28.0 Å². The molecule has 1 unspecified atom stereocenters. The molecule has 1 aromatic carbocycles. The molecule has 11 heteroatoms. The van der Waals surface area contributed by atoms with Gasteiger partial charge in [0.1, 0.15) is 11.4 Å². The molecular weight excluding hydrogens is 424 g/mol. The first-order chi connectivity index (χ1) is 16.0. The predicted octanol–water partition coefficient (Wildman–Crippen LogP) is 0.706.